The monoisotopic (exact) mass is 262 g/mol. The van der Waals surface area contributed by atoms with Crippen LogP contribution < -0.4 is 27.3 Å². The maximum Gasteiger partial charge on any atom is 0.169 e. The first-order chi connectivity index (χ1) is 5.86. The Morgan fingerprint density at radius 1 is 1.31 bits per heavy atom. The third kappa shape index (κ3) is 4.64. The highest BCUT2D eigenvalue weighted by molar-refractivity contribution is 7.80. The van der Waals surface area contributed by atoms with Crippen molar-refractivity contribution in [3.63, 3.8) is 0 Å². The molecular weight excluding hydrogens is 248 g/mol. The average molecular weight is 263 g/mol. The van der Waals surface area contributed by atoms with Crippen molar-refractivity contribution in [3.8, 4) is 0 Å². The van der Waals surface area contributed by atoms with Crippen LogP contribution in [0.25, 0.3) is 0 Å². The van der Waals surface area contributed by atoms with Crippen molar-refractivity contribution < 1.29 is 21.5 Å². The lowest BCUT2D eigenvalue weighted by molar-refractivity contribution is -0.696. The van der Waals surface area contributed by atoms with Gasteiger partial charge in [0.2, 0.25) is 0 Å². The Balaban J connectivity index is 0.00000144. The Labute approximate surface area is 95.3 Å². The van der Waals surface area contributed by atoms with Gasteiger partial charge in [0.15, 0.2) is 12.4 Å². The summed E-state index contributed by atoms with van der Waals surface area (Å²) < 4.78 is 2.15. The van der Waals surface area contributed by atoms with Gasteiger partial charge in [0, 0.05) is 25.1 Å². The molecule has 13 heavy (non-hydrogen) atoms. The summed E-state index contributed by atoms with van der Waals surface area (Å²) in [6, 6.07) is 4.11. The second-order valence-corrected chi connectivity index (χ2v) is 3.17. The molecule has 1 aromatic rings. The van der Waals surface area contributed by atoms with E-state index in [1.54, 1.807) is 0 Å². The van der Waals surface area contributed by atoms with Crippen LogP contribution in [-0.2, 0) is 13.1 Å². The number of halogens is 1. The second-order valence-electron chi connectivity index (χ2n) is 2.73. The molecule has 0 amide bonds. The maximum atomic E-state index is 5.48. The zero-order valence-corrected chi connectivity index (χ0v) is 9.97. The van der Waals surface area contributed by atoms with Crippen LogP contribution in [0.4, 0.5) is 0 Å². The van der Waals surface area contributed by atoms with E-state index in [9.17, 15) is 0 Å². The lowest BCUT2D eigenvalue weighted by Crippen LogP contribution is -3.00. The number of rotatable bonds is 4. The molecule has 1 rings (SSSR count). The van der Waals surface area contributed by atoms with E-state index in [2.05, 4.69) is 41.7 Å². The fourth-order valence-corrected chi connectivity index (χ4v) is 1.17. The average Bonchev–Trinajstić information content (AvgIpc) is 2.15. The largest absolute Gasteiger partial charge is 1.00 e. The van der Waals surface area contributed by atoms with Crippen molar-refractivity contribution in [2.75, 3.05) is 5.75 Å². The first-order valence-corrected chi connectivity index (χ1v) is 4.79. The maximum absolute atomic E-state index is 5.48. The van der Waals surface area contributed by atoms with Crippen LogP contribution in [0.3, 0.4) is 0 Å². The lowest BCUT2D eigenvalue weighted by atomic mass is 10.3. The Morgan fingerprint density at radius 2 is 1.92 bits per heavy atom. The fraction of sp³-hybridized carbons (Fsp3) is 0.444. The number of nitrogens with two attached hydrogens (primary N) is 1. The van der Waals surface area contributed by atoms with Crippen molar-refractivity contribution >= 4 is 12.6 Å². The van der Waals surface area contributed by atoms with Gasteiger partial charge in [0.1, 0.15) is 6.54 Å². The summed E-state index contributed by atoms with van der Waals surface area (Å²) in [5.74, 6) is 0.936. The van der Waals surface area contributed by atoms with Gasteiger partial charge in [-0.25, -0.2) is 4.57 Å². The van der Waals surface area contributed by atoms with Crippen LogP contribution in [0, 0.1) is 0 Å². The highest BCUT2D eigenvalue weighted by Gasteiger charge is 1.97. The Morgan fingerprint density at radius 3 is 2.38 bits per heavy atom. The minimum Gasteiger partial charge on any atom is -1.00 e. The van der Waals surface area contributed by atoms with Gasteiger partial charge in [0.25, 0.3) is 0 Å². The van der Waals surface area contributed by atoms with Crippen LogP contribution in [-0.4, -0.2) is 5.75 Å². The third-order valence-electron chi connectivity index (χ3n) is 1.77. The zero-order chi connectivity index (χ0) is 8.81. The van der Waals surface area contributed by atoms with Crippen LogP contribution in [0.15, 0.2) is 24.5 Å². The minimum atomic E-state index is 0. The summed E-state index contributed by atoms with van der Waals surface area (Å²) in [7, 11) is 0. The number of aryl methyl sites for hydroxylation is 1. The van der Waals surface area contributed by atoms with Gasteiger partial charge in [-0.3, -0.25) is 0 Å². The van der Waals surface area contributed by atoms with E-state index in [1.807, 2.05) is 0 Å². The minimum absolute atomic E-state index is 0. The molecular formula is C9H15BrN2S. The molecule has 1 heterocycles. The molecule has 0 unspecified atom stereocenters. The van der Waals surface area contributed by atoms with Gasteiger partial charge in [-0.2, -0.15) is 12.6 Å². The van der Waals surface area contributed by atoms with E-state index in [0.717, 1.165) is 18.7 Å². The van der Waals surface area contributed by atoms with Crippen LogP contribution in [0.2, 0.25) is 0 Å². The smallest absolute Gasteiger partial charge is 0.169 e. The molecule has 0 aliphatic rings. The summed E-state index contributed by atoms with van der Waals surface area (Å²) in [4.78, 5) is 0. The quantitative estimate of drug-likeness (QED) is 0.467. The molecule has 1 aromatic heterocycles. The number of pyridine rings is 1. The van der Waals surface area contributed by atoms with E-state index >= 15 is 0 Å². The summed E-state index contributed by atoms with van der Waals surface area (Å²) in [5.41, 5.74) is 6.66. The van der Waals surface area contributed by atoms with Gasteiger partial charge in [0.05, 0.1) is 0 Å². The first-order valence-electron chi connectivity index (χ1n) is 4.15. The van der Waals surface area contributed by atoms with E-state index in [4.69, 9.17) is 5.73 Å². The van der Waals surface area contributed by atoms with Crippen molar-refractivity contribution in [1.29, 1.82) is 0 Å². The van der Waals surface area contributed by atoms with Crippen molar-refractivity contribution in [1.82, 2.24) is 0 Å². The molecule has 0 fully saturated rings. The molecule has 0 saturated carbocycles. The van der Waals surface area contributed by atoms with Gasteiger partial charge < -0.3 is 22.7 Å². The molecule has 0 saturated heterocycles. The van der Waals surface area contributed by atoms with Crippen LogP contribution in [0.5, 0.6) is 0 Å². The molecule has 0 radical (unpaired) electrons. The third-order valence-corrected chi connectivity index (χ3v) is 2.09. The highest BCUT2D eigenvalue weighted by atomic mass is 79.9. The second kappa shape index (κ2) is 7.35. The lowest BCUT2D eigenvalue weighted by Gasteiger charge is -1.96. The van der Waals surface area contributed by atoms with E-state index in [1.165, 1.54) is 5.56 Å². The fourth-order valence-electron chi connectivity index (χ4n) is 1.03. The SMILES string of the molecule is NCc1cc[n+](CCCS)cc1.[Br-]. The molecule has 0 aromatic carbocycles. The molecule has 0 aliphatic carbocycles. The molecule has 2 nitrogen and oxygen atoms in total. The van der Waals surface area contributed by atoms with Crippen molar-refractivity contribution in [3.05, 3.63) is 30.1 Å². The standard InChI is InChI=1S/C9H14N2S.BrH/c10-8-9-2-5-11(6-3-9)4-1-7-12;/h2-3,5-6H,1,4,7-8,10H2;1H. The van der Waals surface area contributed by atoms with E-state index in [0.29, 0.717) is 6.54 Å². The van der Waals surface area contributed by atoms with E-state index < -0.39 is 0 Å². The van der Waals surface area contributed by atoms with Gasteiger partial charge in [-0.1, -0.05) is 0 Å². The molecule has 0 spiro atoms. The highest BCUT2D eigenvalue weighted by Crippen LogP contribution is 1.92. The molecule has 0 atom stereocenters. The molecule has 0 aliphatic heterocycles. The summed E-state index contributed by atoms with van der Waals surface area (Å²) in [6.45, 7) is 1.65. The van der Waals surface area contributed by atoms with Crippen molar-refractivity contribution in [2.24, 2.45) is 5.73 Å². The predicted octanol–water partition coefficient (Wildman–Crippen LogP) is -2.24. The number of aromatic nitrogens is 1. The summed E-state index contributed by atoms with van der Waals surface area (Å²) in [6.07, 6.45) is 5.23. The number of hydrogen-bond acceptors (Lipinski definition) is 2. The normalized spacial score (nSPS) is 9.38. The summed E-state index contributed by atoms with van der Waals surface area (Å²) in [5, 5.41) is 0. The van der Waals surface area contributed by atoms with Gasteiger partial charge >= 0.3 is 0 Å². The number of nitrogens with zero attached hydrogens (tertiary/aromatic N) is 1. The van der Waals surface area contributed by atoms with Crippen molar-refractivity contribution in [2.45, 2.75) is 19.5 Å². The van der Waals surface area contributed by atoms with Crippen LogP contribution >= 0.6 is 12.6 Å². The molecule has 0 bridgehead atoms. The molecule has 74 valence electrons. The summed E-state index contributed by atoms with van der Waals surface area (Å²) >= 11 is 4.16. The molecule has 4 heteroatoms. The number of thiol groups is 1. The van der Waals surface area contributed by atoms with Gasteiger partial charge in [-0.05, 0) is 11.3 Å². The zero-order valence-electron chi connectivity index (χ0n) is 7.49. The number of hydrogen-bond donors (Lipinski definition) is 2. The van der Waals surface area contributed by atoms with E-state index in [-0.39, 0.29) is 17.0 Å². The Kier molecular flexibility index (Phi) is 7.32. The molecule has 2 N–H and O–H groups in total. The first kappa shape index (κ1) is 12.9. The predicted molar refractivity (Wildman–Crippen MR) is 53.0 cm³/mol. The Bertz CT molecular complexity index is 226. The van der Waals surface area contributed by atoms with Crippen LogP contribution in [0.1, 0.15) is 12.0 Å². The Hall–Kier alpha value is -0.0600. The topological polar surface area (TPSA) is 29.9 Å². The van der Waals surface area contributed by atoms with Gasteiger partial charge in [-0.15, -0.1) is 0 Å².